The molecule has 0 aliphatic carbocycles. The summed E-state index contributed by atoms with van der Waals surface area (Å²) in [5.74, 6) is 0.169. The smallest absolute Gasteiger partial charge is 0.317 e. The number of carbonyl (C=O) groups is 1. The molecule has 1 aromatic rings. The van der Waals surface area contributed by atoms with Crippen LogP contribution in [0.1, 0.15) is 24.5 Å². The van der Waals surface area contributed by atoms with E-state index < -0.39 is 0 Å². The van der Waals surface area contributed by atoms with E-state index in [9.17, 15) is 9.90 Å². The van der Waals surface area contributed by atoms with Crippen molar-refractivity contribution in [2.24, 2.45) is 5.92 Å². The van der Waals surface area contributed by atoms with Crippen molar-refractivity contribution in [1.82, 2.24) is 10.2 Å². The molecule has 0 bridgehead atoms. The van der Waals surface area contributed by atoms with Gasteiger partial charge in [0.2, 0.25) is 0 Å². The van der Waals surface area contributed by atoms with Crippen LogP contribution in [0.5, 0.6) is 0 Å². The Balaban J connectivity index is 1.85. The summed E-state index contributed by atoms with van der Waals surface area (Å²) in [5, 5.41) is 21.2. The molecule has 0 saturated carbocycles. The molecule has 1 aliphatic heterocycles. The zero-order valence-electron chi connectivity index (χ0n) is 11.5. The van der Waals surface area contributed by atoms with E-state index in [1.807, 2.05) is 6.07 Å². The molecule has 1 heterocycles. The number of nitrogens with zero attached hydrogens (tertiary/aromatic N) is 2. The number of nitriles is 1. The van der Waals surface area contributed by atoms with E-state index in [1.165, 1.54) is 0 Å². The first kappa shape index (κ1) is 14.4. The van der Waals surface area contributed by atoms with Crippen molar-refractivity contribution < 1.29 is 9.90 Å². The maximum Gasteiger partial charge on any atom is 0.317 e. The molecule has 20 heavy (non-hydrogen) atoms. The maximum atomic E-state index is 12.0. The van der Waals surface area contributed by atoms with Gasteiger partial charge in [-0.15, -0.1) is 0 Å². The number of nitrogens with one attached hydrogen (secondary N) is 1. The standard InChI is InChI=1S/C15H19N3O2/c1-11(19)14-5-6-18(10-14)15(20)17-9-13-4-2-3-12(7-13)8-16/h2-4,7,11,14,19H,5-6,9-10H2,1H3,(H,17,20)/t11-,14+/m1/s1. The van der Waals surface area contributed by atoms with Gasteiger partial charge in [-0.2, -0.15) is 5.26 Å². The van der Waals surface area contributed by atoms with Gasteiger partial charge in [0.15, 0.2) is 0 Å². The number of benzene rings is 1. The van der Waals surface area contributed by atoms with Crippen LogP contribution in [0.25, 0.3) is 0 Å². The predicted octanol–water partition coefficient (Wildman–Crippen LogP) is 1.47. The van der Waals surface area contributed by atoms with Gasteiger partial charge in [-0.25, -0.2) is 4.79 Å². The van der Waals surface area contributed by atoms with Crippen LogP contribution in [0.3, 0.4) is 0 Å². The molecule has 5 heteroatoms. The average Bonchev–Trinajstić information content (AvgIpc) is 2.95. The van der Waals surface area contributed by atoms with Gasteiger partial charge in [-0.05, 0) is 31.0 Å². The van der Waals surface area contributed by atoms with E-state index in [-0.39, 0.29) is 18.1 Å². The number of amides is 2. The zero-order valence-corrected chi connectivity index (χ0v) is 11.5. The lowest BCUT2D eigenvalue weighted by Crippen LogP contribution is -2.38. The number of carbonyl (C=O) groups excluding carboxylic acids is 1. The fraction of sp³-hybridized carbons (Fsp3) is 0.467. The molecule has 1 fully saturated rings. The number of likely N-dealkylation sites (tertiary alicyclic amines) is 1. The first-order chi connectivity index (χ1) is 9.60. The van der Waals surface area contributed by atoms with Crippen LogP contribution in [-0.4, -0.2) is 35.2 Å². The van der Waals surface area contributed by atoms with E-state index >= 15 is 0 Å². The molecule has 2 N–H and O–H groups in total. The van der Waals surface area contributed by atoms with Crippen LogP contribution in [0.2, 0.25) is 0 Å². The Morgan fingerprint density at radius 2 is 2.45 bits per heavy atom. The largest absolute Gasteiger partial charge is 0.393 e. The summed E-state index contributed by atoms with van der Waals surface area (Å²) in [6.07, 6.45) is 0.467. The van der Waals surface area contributed by atoms with Crippen molar-refractivity contribution in [2.45, 2.75) is 26.0 Å². The van der Waals surface area contributed by atoms with E-state index in [0.29, 0.717) is 25.2 Å². The molecule has 0 spiro atoms. The molecule has 5 nitrogen and oxygen atoms in total. The highest BCUT2D eigenvalue weighted by Gasteiger charge is 2.28. The summed E-state index contributed by atoms with van der Waals surface area (Å²) in [5.41, 5.74) is 1.50. The molecule has 1 aliphatic rings. The minimum atomic E-state index is -0.375. The highest BCUT2D eigenvalue weighted by atomic mass is 16.3. The molecule has 2 rings (SSSR count). The summed E-state index contributed by atoms with van der Waals surface area (Å²) < 4.78 is 0. The molecule has 0 aromatic heterocycles. The molecule has 2 amide bonds. The van der Waals surface area contributed by atoms with Gasteiger partial charge in [-0.1, -0.05) is 12.1 Å². The van der Waals surface area contributed by atoms with E-state index in [1.54, 1.807) is 30.0 Å². The molecule has 1 saturated heterocycles. The lowest BCUT2D eigenvalue weighted by Gasteiger charge is -2.18. The summed E-state index contributed by atoms with van der Waals surface area (Å²) in [6.45, 7) is 3.45. The van der Waals surface area contributed by atoms with Gasteiger partial charge in [0.05, 0.1) is 17.7 Å². The van der Waals surface area contributed by atoms with Gasteiger partial charge >= 0.3 is 6.03 Å². The molecule has 106 valence electrons. The number of aliphatic hydroxyl groups is 1. The van der Waals surface area contributed by atoms with Crippen LogP contribution >= 0.6 is 0 Å². The highest BCUT2D eigenvalue weighted by Crippen LogP contribution is 2.19. The Labute approximate surface area is 118 Å². The summed E-state index contributed by atoms with van der Waals surface area (Å²) in [7, 11) is 0. The Kier molecular flexibility index (Phi) is 4.59. The molecule has 1 aromatic carbocycles. The van der Waals surface area contributed by atoms with Gasteiger partial charge in [0, 0.05) is 25.6 Å². The first-order valence-corrected chi connectivity index (χ1v) is 6.80. The normalized spacial score (nSPS) is 19.4. The maximum absolute atomic E-state index is 12.0. The number of aliphatic hydroxyl groups excluding tert-OH is 1. The second kappa shape index (κ2) is 6.40. The van der Waals surface area contributed by atoms with E-state index in [4.69, 9.17) is 5.26 Å². The van der Waals surface area contributed by atoms with Crippen LogP contribution in [-0.2, 0) is 6.54 Å². The summed E-state index contributed by atoms with van der Waals surface area (Å²) in [6, 6.07) is 9.15. The molecule has 0 unspecified atom stereocenters. The minimum Gasteiger partial charge on any atom is -0.393 e. The van der Waals surface area contributed by atoms with Gasteiger partial charge in [0.25, 0.3) is 0 Å². The third kappa shape index (κ3) is 3.49. The lowest BCUT2D eigenvalue weighted by molar-refractivity contribution is 0.129. The fourth-order valence-electron chi connectivity index (χ4n) is 2.41. The van der Waals surface area contributed by atoms with Crippen LogP contribution < -0.4 is 5.32 Å². The van der Waals surface area contributed by atoms with Crippen molar-refractivity contribution in [1.29, 1.82) is 5.26 Å². The zero-order chi connectivity index (χ0) is 14.5. The fourth-order valence-corrected chi connectivity index (χ4v) is 2.41. The molecule has 2 atom stereocenters. The number of rotatable bonds is 3. The Bertz CT molecular complexity index is 522. The van der Waals surface area contributed by atoms with Crippen molar-refractivity contribution in [2.75, 3.05) is 13.1 Å². The monoisotopic (exact) mass is 273 g/mol. The average molecular weight is 273 g/mol. The number of hydrogen-bond acceptors (Lipinski definition) is 3. The minimum absolute atomic E-state index is 0.115. The Morgan fingerprint density at radius 3 is 3.10 bits per heavy atom. The van der Waals surface area contributed by atoms with Crippen molar-refractivity contribution in [3.05, 3.63) is 35.4 Å². The number of urea groups is 1. The van der Waals surface area contributed by atoms with E-state index in [0.717, 1.165) is 12.0 Å². The molecular formula is C15H19N3O2. The lowest BCUT2D eigenvalue weighted by atomic mass is 10.0. The van der Waals surface area contributed by atoms with Gasteiger partial charge in [0.1, 0.15) is 0 Å². The third-order valence-electron chi connectivity index (χ3n) is 3.69. The summed E-state index contributed by atoms with van der Waals surface area (Å²) >= 11 is 0. The van der Waals surface area contributed by atoms with Crippen LogP contribution in [0, 0.1) is 17.2 Å². The SMILES string of the molecule is C[C@@H](O)[C@H]1CCN(C(=O)NCc2cccc(C#N)c2)C1. The Morgan fingerprint density at radius 1 is 1.65 bits per heavy atom. The van der Waals surface area contributed by atoms with Gasteiger partial charge in [-0.3, -0.25) is 0 Å². The van der Waals surface area contributed by atoms with Crippen LogP contribution in [0.15, 0.2) is 24.3 Å². The van der Waals surface area contributed by atoms with Crippen molar-refractivity contribution in [3.8, 4) is 6.07 Å². The second-order valence-corrected chi connectivity index (χ2v) is 5.21. The second-order valence-electron chi connectivity index (χ2n) is 5.21. The topological polar surface area (TPSA) is 76.4 Å². The first-order valence-electron chi connectivity index (χ1n) is 6.80. The van der Waals surface area contributed by atoms with E-state index in [2.05, 4.69) is 11.4 Å². The van der Waals surface area contributed by atoms with Crippen LogP contribution in [0.4, 0.5) is 4.79 Å². The highest BCUT2D eigenvalue weighted by molar-refractivity contribution is 5.74. The predicted molar refractivity (Wildman–Crippen MR) is 74.8 cm³/mol. The Hall–Kier alpha value is -2.06. The molecular weight excluding hydrogens is 254 g/mol. The quantitative estimate of drug-likeness (QED) is 0.875. The number of hydrogen-bond donors (Lipinski definition) is 2. The third-order valence-corrected chi connectivity index (χ3v) is 3.69. The van der Waals surface area contributed by atoms with Crippen molar-refractivity contribution in [3.63, 3.8) is 0 Å². The molecule has 0 radical (unpaired) electrons. The summed E-state index contributed by atoms with van der Waals surface area (Å²) in [4.78, 5) is 13.7. The van der Waals surface area contributed by atoms with Gasteiger partial charge < -0.3 is 15.3 Å². The van der Waals surface area contributed by atoms with Crippen molar-refractivity contribution >= 4 is 6.03 Å².